The minimum absolute atomic E-state index is 0.00193. The lowest BCUT2D eigenvalue weighted by atomic mass is 9.97. The third kappa shape index (κ3) is 4.83. The SMILES string of the molecule is Cn1c(CN2CCC[C@H](CNC(=O)c3ccc(-c4ccccc4)cc3)C2)nc2ccccc21. The fourth-order valence-corrected chi connectivity index (χ4v) is 4.78. The van der Waals surface area contributed by atoms with Crippen LogP contribution in [0, 0.1) is 5.92 Å². The number of aromatic nitrogens is 2. The summed E-state index contributed by atoms with van der Waals surface area (Å²) in [6.45, 7) is 3.61. The van der Waals surface area contributed by atoms with Crippen LogP contribution in [0.1, 0.15) is 29.0 Å². The van der Waals surface area contributed by atoms with Crippen molar-refractivity contribution >= 4 is 16.9 Å². The molecule has 1 atom stereocenters. The van der Waals surface area contributed by atoms with E-state index < -0.39 is 0 Å². The number of carbonyl (C=O) groups is 1. The maximum atomic E-state index is 12.7. The van der Waals surface area contributed by atoms with Crippen LogP contribution in [-0.2, 0) is 13.6 Å². The number of nitrogens with zero attached hydrogens (tertiary/aromatic N) is 3. The number of rotatable bonds is 6. The number of hydrogen-bond donors (Lipinski definition) is 1. The molecule has 4 aromatic rings. The molecule has 5 heteroatoms. The zero-order chi connectivity index (χ0) is 22.6. The van der Waals surface area contributed by atoms with Gasteiger partial charge in [-0.1, -0.05) is 54.6 Å². The van der Waals surface area contributed by atoms with E-state index in [1.54, 1.807) is 0 Å². The van der Waals surface area contributed by atoms with Gasteiger partial charge in [0, 0.05) is 25.7 Å². The largest absolute Gasteiger partial charge is 0.352 e. The Morgan fingerprint density at radius 2 is 1.70 bits per heavy atom. The molecule has 2 heterocycles. The molecular weight excluding hydrogens is 408 g/mol. The topological polar surface area (TPSA) is 50.2 Å². The highest BCUT2D eigenvalue weighted by Gasteiger charge is 2.22. The van der Waals surface area contributed by atoms with Gasteiger partial charge in [-0.05, 0) is 60.7 Å². The summed E-state index contributed by atoms with van der Waals surface area (Å²) in [5.74, 6) is 1.56. The number of imidazole rings is 1. The summed E-state index contributed by atoms with van der Waals surface area (Å²) in [5.41, 5.74) is 5.21. The second-order valence-electron chi connectivity index (χ2n) is 8.97. The molecule has 1 aliphatic heterocycles. The van der Waals surface area contributed by atoms with E-state index in [0.717, 1.165) is 54.9 Å². The van der Waals surface area contributed by atoms with Gasteiger partial charge in [-0.3, -0.25) is 9.69 Å². The molecule has 1 amide bonds. The summed E-state index contributed by atoms with van der Waals surface area (Å²) < 4.78 is 2.19. The third-order valence-electron chi connectivity index (χ3n) is 6.65. The molecule has 0 bridgehead atoms. The van der Waals surface area contributed by atoms with Crippen LogP contribution in [0.2, 0.25) is 0 Å². The number of para-hydroxylation sites is 2. The quantitative estimate of drug-likeness (QED) is 0.467. The number of likely N-dealkylation sites (tertiary alicyclic amines) is 1. The van der Waals surface area contributed by atoms with Gasteiger partial charge in [0.2, 0.25) is 0 Å². The number of aryl methyl sites for hydroxylation is 1. The van der Waals surface area contributed by atoms with Crippen molar-refractivity contribution in [3.63, 3.8) is 0 Å². The fraction of sp³-hybridized carbons (Fsp3) is 0.286. The third-order valence-corrected chi connectivity index (χ3v) is 6.65. The number of amides is 1. The summed E-state index contributed by atoms with van der Waals surface area (Å²) in [4.78, 5) is 20.0. The molecule has 1 saturated heterocycles. The molecule has 0 spiro atoms. The van der Waals surface area contributed by atoms with Crippen LogP contribution in [0.15, 0.2) is 78.9 Å². The van der Waals surface area contributed by atoms with Gasteiger partial charge in [0.15, 0.2) is 0 Å². The van der Waals surface area contributed by atoms with Crippen LogP contribution in [0.5, 0.6) is 0 Å². The maximum Gasteiger partial charge on any atom is 0.251 e. The van der Waals surface area contributed by atoms with Gasteiger partial charge in [-0.15, -0.1) is 0 Å². The molecule has 1 fully saturated rings. The molecule has 3 aromatic carbocycles. The number of nitrogens with one attached hydrogen (secondary N) is 1. The minimum Gasteiger partial charge on any atom is -0.352 e. The number of piperidine rings is 1. The van der Waals surface area contributed by atoms with Crippen molar-refractivity contribution in [2.24, 2.45) is 13.0 Å². The molecule has 1 aliphatic rings. The monoisotopic (exact) mass is 438 g/mol. The first-order valence-electron chi connectivity index (χ1n) is 11.7. The van der Waals surface area contributed by atoms with E-state index in [0.29, 0.717) is 18.0 Å². The number of carbonyl (C=O) groups excluding carboxylic acids is 1. The molecule has 0 radical (unpaired) electrons. The Balaban J connectivity index is 1.16. The van der Waals surface area contributed by atoms with Crippen LogP contribution in [0.25, 0.3) is 22.2 Å². The Labute approximate surface area is 195 Å². The highest BCUT2D eigenvalue weighted by atomic mass is 16.1. The van der Waals surface area contributed by atoms with Crippen molar-refractivity contribution in [3.8, 4) is 11.1 Å². The second-order valence-corrected chi connectivity index (χ2v) is 8.97. The summed E-state index contributed by atoms with van der Waals surface area (Å²) in [6.07, 6.45) is 2.29. The molecule has 0 aliphatic carbocycles. The summed E-state index contributed by atoms with van der Waals surface area (Å²) >= 11 is 0. The van der Waals surface area contributed by atoms with Crippen molar-refractivity contribution < 1.29 is 4.79 Å². The van der Waals surface area contributed by atoms with Crippen LogP contribution in [0.3, 0.4) is 0 Å². The molecule has 0 saturated carbocycles. The van der Waals surface area contributed by atoms with Gasteiger partial charge < -0.3 is 9.88 Å². The first-order valence-corrected chi connectivity index (χ1v) is 11.7. The van der Waals surface area contributed by atoms with Gasteiger partial charge in [0.25, 0.3) is 5.91 Å². The van der Waals surface area contributed by atoms with E-state index in [4.69, 9.17) is 4.98 Å². The van der Waals surface area contributed by atoms with E-state index in [9.17, 15) is 4.79 Å². The number of hydrogen-bond acceptors (Lipinski definition) is 3. The van der Waals surface area contributed by atoms with Gasteiger partial charge in [0.05, 0.1) is 17.6 Å². The minimum atomic E-state index is 0.00193. The van der Waals surface area contributed by atoms with E-state index >= 15 is 0 Å². The Hall–Kier alpha value is -3.44. The molecule has 168 valence electrons. The maximum absolute atomic E-state index is 12.7. The molecular formula is C28H30N4O. The molecule has 5 rings (SSSR count). The first-order chi connectivity index (χ1) is 16.2. The van der Waals surface area contributed by atoms with Gasteiger partial charge in [-0.2, -0.15) is 0 Å². The second kappa shape index (κ2) is 9.59. The van der Waals surface area contributed by atoms with Crippen LogP contribution < -0.4 is 5.32 Å². The average molecular weight is 439 g/mol. The normalized spacial score (nSPS) is 16.7. The molecule has 1 N–H and O–H groups in total. The smallest absolute Gasteiger partial charge is 0.251 e. The molecule has 5 nitrogen and oxygen atoms in total. The predicted octanol–water partition coefficient (Wildman–Crippen LogP) is 4.88. The van der Waals surface area contributed by atoms with Gasteiger partial charge in [-0.25, -0.2) is 4.98 Å². The van der Waals surface area contributed by atoms with Crippen molar-refractivity contribution in [2.75, 3.05) is 19.6 Å². The lowest BCUT2D eigenvalue weighted by Crippen LogP contribution is -2.40. The standard InChI is InChI=1S/C28H30N4O/c1-31-26-12-6-5-11-25(26)30-27(31)20-32-17-7-8-21(19-32)18-29-28(33)24-15-13-23(14-16-24)22-9-3-2-4-10-22/h2-6,9-16,21H,7-8,17-20H2,1H3,(H,29,33)/t21-/m1/s1. The predicted molar refractivity (Wildman–Crippen MR) is 133 cm³/mol. The number of benzene rings is 3. The average Bonchev–Trinajstić information content (AvgIpc) is 3.18. The van der Waals surface area contributed by atoms with E-state index in [1.807, 2.05) is 48.5 Å². The Morgan fingerprint density at radius 3 is 2.48 bits per heavy atom. The highest BCUT2D eigenvalue weighted by molar-refractivity contribution is 5.94. The van der Waals surface area contributed by atoms with E-state index in [-0.39, 0.29) is 5.91 Å². The number of fused-ring (bicyclic) bond motifs is 1. The Kier molecular flexibility index (Phi) is 6.22. The lowest BCUT2D eigenvalue weighted by molar-refractivity contribution is 0.0929. The molecule has 33 heavy (non-hydrogen) atoms. The van der Waals surface area contributed by atoms with Crippen LogP contribution in [0.4, 0.5) is 0 Å². The van der Waals surface area contributed by atoms with Crippen molar-refractivity contribution in [2.45, 2.75) is 19.4 Å². The van der Waals surface area contributed by atoms with Gasteiger partial charge >= 0.3 is 0 Å². The summed E-state index contributed by atoms with van der Waals surface area (Å²) in [7, 11) is 2.09. The first kappa shape index (κ1) is 21.4. The van der Waals surface area contributed by atoms with Gasteiger partial charge in [0.1, 0.15) is 5.82 Å². The van der Waals surface area contributed by atoms with E-state index in [1.165, 1.54) is 5.52 Å². The van der Waals surface area contributed by atoms with Crippen molar-refractivity contribution in [3.05, 3.63) is 90.3 Å². The van der Waals surface area contributed by atoms with Crippen molar-refractivity contribution in [1.82, 2.24) is 19.8 Å². The van der Waals surface area contributed by atoms with Crippen LogP contribution >= 0.6 is 0 Å². The zero-order valence-electron chi connectivity index (χ0n) is 19.1. The Morgan fingerprint density at radius 1 is 0.970 bits per heavy atom. The zero-order valence-corrected chi connectivity index (χ0v) is 19.1. The molecule has 0 unspecified atom stereocenters. The van der Waals surface area contributed by atoms with E-state index in [2.05, 4.69) is 52.2 Å². The van der Waals surface area contributed by atoms with Crippen molar-refractivity contribution in [1.29, 1.82) is 0 Å². The molecule has 1 aromatic heterocycles. The summed E-state index contributed by atoms with van der Waals surface area (Å²) in [5, 5.41) is 3.16. The summed E-state index contributed by atoms with van der Waals surface area (Å²) in [6, 6.07) is 26.4. The van der Waals surface area contributed by atoms with Crippen LogP contribution in [-0.4, -0.2) is 40.0 Å². The Bertz CT molecular complexity index is 1230. The fourth-order valence-electron chi connectivity index (χ4n) is 4.78. The lowest BCUT2D eigenvalue weighted by Gasteiger charge is -2.32. The highest BCUT2D eigenvalue weighted by Crippen LogP contribution is 2.21.